The number of rotatable bonds is 2. The van der Waals surface area contributed by atoms with Crippen molar-refractivity contribution in [1.82, 2.24) is 4.90 Å². The van der Waals surface area contributed by atoms with E-state index in [0.29, 0.717) is 0 Å². The Morgan fingerprint density at radius 3 is 2.60 bits per heavy atom. The van der Waals surface area contributed by atoms with Gasteiger partial charge >= 0.3 is 0 Å². The summed E-state index contributed by atoms with van der Waals surface area (Å²) >= 11 is 0. The number of fused-ring (bicyclic) bond motifs is 1. The molecule has 15 heavy (non-hydrogen) atoms. The molecule has 3 fully saturated rings. The van der Waals surface area contributed by atoms with E-state index >= 15 is 0 Å². The van der Waals surface area contributed by atoms with E-state index in [4.69, 9.17) is 4.74 Å². The van der Waals surface area contributed by atoms with Crippen LogP contribution in [-0.4, -0.2) is 37.7 Å². The number of morpholine rings is 1. The Labute approximate surface area is 93.0 Å². The molecule has 2 saturated carbocycles. The molecule has 1 saturated heterocycles. The van der Waals surface area contributed by atoms with Crippen molar-refractivity contribution in [3.8, 4) is 0 Å². The van der Waals surface area contributed by atoms with Crippen LogP contribution < -0.4 is 0 Å². The van der Waals surface area contributed by atoms with Gasteiger partial charge in [0.1, 0.15) is 0 Å². The van der Waals surface area contributed by atoms with E-state index in [0.717, 1.165) is 31.0 Å². The number of nitrogens with zero attached hydrogens (tertiary/aromatic N) is 1. The second-order valence-electron chi connectivity index (χ2n) is 5.61. The molecule has 2 heteroatoms. The zero-order chi connectivity index (χ0) is 10.1. The van der Waals surface area contributed by atoms with Gasteiger partial charge in [-0.1, -0.05) is 12.8 Å². The third-order valence-electron chi connectivity index (χ3n) is 4.83. The van der Waals surface area contributed by atoms with Crippen molar-refractivity contribution in [2.75, 3.05) is 32.8 Å². The molecule has 0 aromatic heterocycles. The third kappa shape index (κ3) is 2.07. The molecule has 2 aliphatic carbocycles. The lowest BCUT2D eigenvalue weighted by molar-refractivity contribution is -0.00652. The van der Waals surface area contributed by atoms with Crippen LogP contribution in [0.2, 0.25) is 0 Å². The summed E-state index contributed by atoms with van der Waals surface area (Å²) in [5.41, 5.74) is 0. The van der Waals surface area contributed by atoms with Crippen molar-refractivity contribution in [2.24, 2.45) is 17.8 Å². The minimum absolute atomic E-state index is 0.959. The van der Waals surface area contributed by atoms with Crippen LogP contribution in [0.15, 0.2) is 0 Å². The summed E-state index contributed by atoms with van der Waals surface area (Å²) in [6.07, 6.45) is 7.59. The van der Waals surface area contributed by atoms with Crippen molar-refractivity contribution < 1.29 is 4.74 Å². The molecule has 3 unspecified atom stereocenters. The zero-order valence-corrected chi connectivity index (χ0v) is 9.66. The Bertz CT molecular complexity index is 213. The van der Waals surface area contributed by atoms with Crippen LogP contribution in [0.25, 0.3) is 0 Å². The first-order chi connectivity index (χ1) is 7.43. The van der Waals surface area contributed by atoms with Gasteiger partial charge in [-0.25, -0.2) is 0 Å². The Balaban J connectivity index is 1.52. The fraction of sp³-hybridized carbons (Fsp3) is 1.00. The highest BCUT2D eigenvalue weighted by Gasteiger charge is 2.39. The minimum Gasteiger partial charge on any atom is -0.379 e. The maximum Gasteiger partial charge on any atom is 0.0594 e. The van der Waals surface area contributed by atoms with E-state index in [-0.39, 0.29) is 0 Å². The Morgan fingerprint density at radius 2 is 1.87 bits per heavy atom. The molecule has 3 rings (SSSR count). The Kier molecular flexibility index (Phi) is 2.98. The van der Waals surface area contributed by atoms with Crippen LogP contribution in [0.5, 0.6) is 0 Å². The average Bonchev–Trinajstić information content (AvgIpc) is 2.22. The van der Waals surface area contributed by atoms with E-state index in [2.05, 4.69) is 4.90 Å². The van der Waals surface area contributed by atoms with E-state index in [1.807, 2.05) is 0 Å². The second-order valence-corrected chi connectivity index (χ2v) is 5.61. The molecule has 0 radical (unpaired) electrons. The monoisotopic (exact) mass is 209 g/mol. The maximum atomic E-state index is 5.41. The molecule has 1 aliphatic heterocycles. The molecule has 0 N–H and O–H groups in total. The molecule has 0 spiro atoms. The maximum absolute atomic E-state index is 5.41. The standard InChI is InChI=1S/C13H23NO/c1-2-11-4-5-13(11)12(3-1)10-14-6-8-15-9-7-14/h11-13H,1-10H2. The van der Waals surface area contributed by atoms with Crippen LogP contribution >= 0.6 is 0 Å². The topological polar surface area (TPSA) is 12.5 Å². The SMILES string of the molecule is C1CC2CCC2C(CN2CCOCC2)C1. The van der Waals surface area contributed by atoms with Gasteiger partial charge in [0.25, 0.3) is 0 Å². The fourth-order valence-corrected chi connectivity index (χ4v) is 3.77. The van der Waals surface area contributed by atoms with Crippen LogP contribution in [-0.2, 0) is 4.74 Å². The summed E-state index contributed by atoms with van der Waals surface area (Å²) in [5.74, 6) is 3.24. The largest absolute Gasteiger partial charge is 0.379 e. The van der Waals surface area contributed by atoms with Gasteiger partial charge in [-0.2, -0.15) is 0 Å². The molecular formula is C13H23NO. The van der Waals surface area contributed by atoms with Crippen LogP contribution in [0.3, 0.4) is 0 Å². The minimum atomic E-state index is 0.959. The first kappa shape index (κ1) is 10.1. The van der Waals surface area contributed by atoms with E-state index in [9.17, 15) is 0 Å². The summed E-state index contributed by atoms with van der Waals surface area (Å²) < 4.78 is 5.41. The smallest absolute Gasteiger partial charge is 0.0594 e. The molecule has 3 aliphatic rings. The van der Waals surface area contributed by atoms with Gasteiger partial charge in [0.05, 0.1) is 13.2 Å². The van der Waals surface area contributed by atoms with Gasteiger partial charge < -0.3 is 4.74 Å². The summed E-state index contributed by atoms with van der Waals surface area (Å²) in [6.45, 7) is 5.63. The molecule has 0 bridgehead atoms. The Morgan fingerprint density at radius 1 is 1.00 bits per heavy atom. The molecule has 0 aromatic rings. The highest BCUT2D eigenvalue weighted by molar-refractivity contribution is 4.90. The van der Waals surface area contributed by atoms with Crippen molar-refractivity contribution in [1.29, 1.82) is 0 Å². The van der Waals surface area contributed by atoms with Gasteiger partial charge in [0.2, 0.25) is 0 Å². The van der Waals surface area contributed by atoms with Gasteiger partial charge in [-0.15, -0.1) is 0 Å². The predicted molar refractivity (Wildman–Crippen MR) is 60.8 cm³/mol. The predicted octanol–water partition coefficient (Wildman–Crippen LogP) is 2.14. The third-order valence-corrected chi connectivity index (χ3v) is 4.83. The number of hydrogen-bond donors (Lipinski definition) is 0. The molecule has 0 amide bonds. The summed E-state index contributed by atoms with van der Waals surface area (Å²) in [4.78, 5) is 2.63. The lowest BCUT2D eigenvalue weighted by Gasteiger charge is -2.47. The van der Waals surface area contributed by atoms with E-state index in [1.165, 1.54) is 51.7 Å². The first-order valence-corrected chi connectivity index (χ1v) is 6.73. The van der Waals surface area contributed by atoms with Crippen molar-refractivity contribution in [2.45, 2.75) is 32.1 Å². The lowest BCUT2D eigenvalue weighted by atomic mass is 9.60. The number of hydrogen-bond acceptors (Lipinski definition) is 2. The fourth-order valence-electron chi connectivity index (χ4n) is 3.77. The molecule has 86 valence electrons. The molecule has 0 aromatic carbocycles. The Hall–Kier alpha value is -0.0800. The highest BCUT2D eigenvalue weighted by atomic mass is 16.5. The first-order valence-electron chi connectivity index (χ1n) is 6.73. The van der Waals surface area contributed by atoms with Crippen molar-refractivity contribution in [3.63, 3.8) is 0 Å². The van der Waals surface area contributed by atoms with Crippen LogP contribution in [0.4, 0.5) is 0 Å². The van der Waals surface area contributed by atoms with Gasteiger partial charge in [-0.05, 0) is 37.0 Å². The van der Waals surface area contributed by atoms with Gasteiger partial charge in [-0.3, -0.25) is 4.90 Å². The van der Waals surface area contributed by atoms with Crippen LogP contribution in [0, 0.1) is 17.8 Å². The molecular weight excluding hydrogens is 186 g/mol. The van der Waals surface area contributed by atoms with Crippen molar-refractivity contribution in [3.05, 3.63) is 0 Å². The van der Waals surface area contributed by atoms with Crippen molar-refractivity contribution >= 4 is 0 Å². The summed E-state index contributed by atoms with van der Waals surface area (Å²) in [6, 6.07) is 0. The lowest BCUT2D eigenvalue weighted by Crippen LogP contribution is -2.45. The zero-order valence-electron chi connectivity index (χ0n) is 9.66. The quantitative estimate of drug-likeness (QED) is 0.691. The summed E-state index contributed by atoms with van der Waals surface area (Å²) in [7, 11) is 0. The van der Waals surface area contributed by atoms with Gasteiger partial charge in [0.15, 0.2) is 0 Å². The summed E-state index contributed by atoms with van der Waals surface area (Å²) in [5, 5.41) is 0. The second kappa shape index (κ2) is 4.42. The van der Waals surface area contributed by atoms with E-state index < -0.39 is 0 Å². The molecule has 3 atom stereocenters. The van der Waals surface area contributed by atoms with Crippen LogP contribution in [0.1, 0.15) is 32.1 Å². The highest BCUT2D eigenvalue weighted by Crippen LogP contribution is 2.48. The van der Waals surface area contributed by atoms with E-state index in [1.54, 1.807) is 0 Å². The normalized spacial score (nSPS) is 42.0. The van der Waals surface area contributed by atoms with Gasteiger partial charge in [0, 0.05) is 19.6 Å². The molecule has 1 heterocycles. The average molecular weight is 209 g/mol. The number of ether oxygens (including phenoxy) is 1. The molecule has 2 nitrogen and oxygen atoms in total.